The van der Waals surface area contributed by atoms with E-state index in [-0.39, 0.29) is 5.91 Å². The van der Waals surface area contributed by atoms with Gasteiger partial charge >= 0.3 is 5.97 Å². The first-order valence-electron chi connectivity index (χ1n) is 10.4. The summed E-state index contributed by atoms with van der Waals surface area (Å²) in [5.41, 5.74) is 6.14. The molecule has 0 aliphatic heterocycles. The molecule has 0 saturated carbocycles. The first-order chi connectivity index (χ1) is 14.7. The summed E-state index contributed by atoms with van der Waals surface area (Å²) in [6.45, 7) is 10.2. The molecule has 6 heteroatoms. The van der Waals surface area contributed by atoms with Crippen molar-refractivity contribution in [3.8, 4) is 0 Å². The Morgan fingerprint density at radius 1 is 0.935 bits per heavy atom. The van der Waals surface area contributed by atoms with Gasteiger partial charge in [0.15, 0.2) is 6.10 Å². The van der Waals surface area contributed by atoms with Gasteiger partial charge in [0.2, 0.25) is 0 Å². The number of benzene rings is 2. The fourth-order valence-corrected chi connectivity index (χ4v) is 3.32. The lowest BCUT2D eigenvalue weighted by Crippen LogP contribution is -2.35. The average molecular weight is 420 g/mol. The molecule has 1 amide bonds. The van der Waals surface area contributed by atoms with Crippen LogP contribution >= 0.6 is 0 Å². The summed E-state index contributed by atoms with van der Waals surface area (Å²) in [6.07, 6.45) is -0.905. The molecule has 1 heterocycles. The van der Waals surface area contributed by atoms with Crippen LogP contribution in [0.3, 0.4) is 0 Å². The fourth-order valence-electron chi connectivity index (χ4n) is 3.32. The molecule has 0 radical (unpaired) electrons. The van der Waals surface area contributed by atoms with E-state index >= 15 is 0 Å². The Morgan fingerprint density at radius 2 is 1.48 bits per heavy atom. The highest BCUT2D eigenvalue weighted by molar-refractivity contribution is 5.94. The van der Waals surface area contributed by atoms with Crippen molar-refractivity contribution in [2.45, 2.75) is 53.8 Å². The number of nitrogens with one attached hydrogen (secondary N) is 1. The molecule has 0 aliphatic rings. The van der Waals surface area contributed by atoms with Crippen molar-refractivity contribution in [1.82, 2.24) is 15.1 Å². The van der Waals surface area contributed by atoms with Crippen LogP contribution in [0.1, 0.15) is 50.9 Å². The first-order valence-corrected chi connectivity index (χ1v) is 10.4. The number of ether oxygens (including phenoxy) is 1. The van der Waals surface area contributed by atoms with E-state index in [1.165, 1.54) is 5.56 Å². The number of carbonyl (C=O) groups excluding carboxylic acids is 2. The smallest absolute Gasteiger partial charge is 0.342 e. The third kappa shape index (κ3) is 5.60. The largest absolute Gasteiger partial charge is 0.449 e. The third-order valence-electron chi connectivity index (χ3n) is 5.28. The topological polar surface area (TPSA) is 73.2 Å². The van der Waals surface area contributed by atoms with Crippen LogP contribution in [0.25, 0.3) is 0 Å². The van der Waals surface area contributed by atoms with Crippen molar-refractivity contribution in [2.75, 3.05) is 0 Å². The Hall–Kier alpha value is -3.41. The van der Waals surface area contributed by atoms with Gasteiger partial charge in [-0.15, -0.1) is 0 Å². The molecule has 6 nitrogen and oxygen atoms in total. The number of amides is 1. The van der Waals surface area contributed by atoms with Gasteiger partial charge in [-0.25, -0.2) is 4.79 Å². The third-order valence-corrected chi connectivity index (χ3v) is 5.28. The van der Waals surface area contributed by atoms with Gasteiger partial charge in [0.05, 0.1) is 17.9 Å². The fraction of sp³-hybridized carbons (Fsp3) is 0.320. The van der Waals surface area contributed by atoms with E-state index in [1.54, 1.807) is 18.5 Å². The number of carbonyl (C=O) groups is 2. The van der Waals surface area contributed by atoms with Gasteiger partial charge in [-0.1, -0.05) is 59.7 Å². The zero-order valence-corrected chi connectivity index (χ0v) is 18.7. The minimum atomic E-state index is -0.905. The molecule has 0 bridgehead atoms. The Balaban J connectivity index is 1.62. The molecule has 1 N–H and O–H groups in total. The van der Waals surface area contributed by atoms with Gasteiger partial charge in [-0.3, -0.25) is 9.48 Å². The molecule has 0 saturated heterocycles. The molecule has 31 heavy (non-hydrogen) atoms. The molecule has 1 atom stereocenters. The zero-order valence-electron chi connectivity index (χ0n) is 18.7. The first kappa shape index (κ1) is 22.3. The summed E-state index contributed by atoms with van der Waals surface area (Å²) in [5, 5.41) is 7.31. The highest BCUT2D eigenvalue weighted by Gasteiger charge is 2.24. The maximum atomic E-state index is 12.8. The van der Waals surface area contributed by atoms with Gasteiger partial charge < -0.3 is 10.1 Å². The summed E-state index contributed by atoms with van der Waals surface area (Å²) in [5.74, 6) is -0.876. The van der Waals surface area contributed by atoms with Crippen LogP contribution in [0.2, 0.25) is 0 Å². The van der Waals surface area contributed by atoms with Crippen molar-refractivity contribution in [1.29, 1.82) is 0 Å². The highest BCUT2D eigenvalue weighted by atomic mass is 16.5. The van der Waals surface area contributed by atoms with Gasteiger partial charge in [0, 0.05) is 6.54 Å². The molecular formula is C25H29N3O3. The molecule has 3 aromatic rings. The number of rotatable bonds is 7. The van der Waals surface area contributed by atoms with E-state index in [1.807, 2.05) is 69.3 Å². The van der Waals surface area contributed by atoms with Gasteiger partial charge in [-0.05, 0) is 45.7 Å². The lowest BCUT2D eigenvalue weighted by Gasteiger charge is -2.14. The summed E-state index contributed by atoms with van der Waals surface area (Å²) in [6, 6.07) is 16.1. The SMILES string of the molecule is Cc1ccc(CNC(=O)[C@H](C)OC(=O)c2c(C)nn(Cc3ccc(C)cc3)c2C)cc1. The summed E-state index contributed by atoms with van der Waals surface area (Å²) in [4.78, 5) is 25.2. The van der Waals surface area contributed by atoms with Crippen molar-refractivity contribution >= 4 is 11.9 Å². The second-order valence-electron chi connectivity index (χ2n) is 7.94. The van der Waals surface area contributed by atoms with E-state index in [4.69, 9.17) is 4.74 Å². The molecule has 1 aromatic heterocycles. The summed E-state index contributed by atoms with van der Waals surface area (Å²) >= 11 is 0. The average Bonchev–Trinajstić information content (AvgIpc) is 3.01. The summed E-state index contributed by atoms with van der Waals surface area (Å²) < 4.78 is 7.23. The van der Waals surface area contributed by atoms with Gasteiger partial charge in [-0.2, -0.15) is 5.10 Å². The van der Waals surface area contributed by atoms with Crippen LogP contribution in [0, 0.1) is 27.7 Å². The van der Waals surface area contributed by atoms with E-state index in [0.29, 0.717) is 24.3 Å². The van der Waals surface area contributed by atoms with E-state index < -0.39 is 12.1 Å². The van der Waals surface area contributed by atoms with E-state index in [2.05, 4.69) is 10.4 Å². The standard InChI is InChI=1S/C25H29N3O3/c1-16-6-10-21(11-7-16)14-26-24(29)20(5)31-25(30)23-18(3)27-28(19(23)4)15-22-12-8-17(2)9-13-22/h6-13,20H,14-15H2,1-5H3,(H,26,29)/t20-/m0/s1. The Kier molecular flexibility index (Phi) is 6.90. The Morgan fingerprint density at radius 3 is 2.06 bits per heavy atom. The highest BCUT2D eigenvalue weighted by Crippen LogP contribution is 2.17. The molecule has 3 rings (SSSR count). The van der Waals surface area contributed by atoms with Crippen molar-refractivity contribution in [3.63, 3.8) is 0 Å². The quantitative estimate of drug-likeness (QED) is 0.587. The maximum absolute atomic E-state index is 12.8. The second kappa shape index (κ2) is 9.60. The number of aromatic nitrogens is 2. The molecule has 0 spiro atoms. The zero-order chi connectivity index (χ0) is 22.5. The lowest BCUT2D eigenvalue weighted by molar-refractivity contribution is -0.129. The molecular weight excluding hydrogens is 390 g/mol. The van der Waals surface area contributed by atoms with Crippen molar-refractivity contribution < 1.29 is 14.3 Å². The predicted octanol–water partition coefficient (Wildman–Crippen LogP) is 4.03. The number of esters is 1. The number of hydrogen-bond donors (Lipinski definition) is 1. The van der Waals surface area contributed by atoms with Crippen LogP contribution in [0.4, 0.5) is 0 Å². The van der Waals surface area contributed by atoms with Crippen molar-refractivity contribution in [2.24, 2.45) is 0 Å². The number of nitrogens with zero attached hydrogens (tertiary/aromatic N) is 2. The van der Waals surface area contributed by atoms with Gasteiger partial charge in [0.1, 0.15) is 5.56 Å². The number of aryl methyl sites for hydroxylation is 3. The molecule has 0 fully saturated rings. The molecule has 2 aromatic carbocycles. The van der Waals surface area contributed by atoms with Crippen molar-refractivity contribution in [3.05, 3.63) is 87.7 Å². The molecule has 0 unspecified atom stereocenters. The maximum Gasteiger partial charge on any atom is 0.342 e. The Bertz CT molecular complexity index is 1070. The van der Waals surface area contributed by atoms with E-state index in [9.17, 15) is 9.59 Å². The van der Waals surface area contributed by atoms with Crippen LogP contribution in [-0.4, -0.2) is 27.8 Å². The van der Waals surface area contributed by atoms with Crippen LogP contribution in [0.5, 0.6) is 0 Å². The lowest BCUT2D eigenvalue weighted by atomic mass is 10.1. The normalized spacial score (nSPS) is 11.8. The van der Waals surface area contributed by atoms with Gasteiger partial charge in [0.25, 0.3) is 5.91 Å². The Labute approximate surface area is 183 Å². The summed E-state index contributed by atoms with van der Waals surface area (Å²) in [7, 11) is 0. The van der Waals surface area contributed by atoms with E-state index in [0.717, 1.165) is 22.4 Å². The number of hydrogen-bond acceptors (Lipinski definition) is 4. The second-order valence-corrected chi connectivity index (χ2v) is 7.94. The van der Waals surface area contributed by atoms with Crippen LogP contribution in [-0.2, 0) is 22.6 Å². The molecule has 0 aliphatic carbocycles. The minimum absolute atomic E-state index is 0.337. The molecule has 162 valence electrons. The van der Waals surface area contributed by atoms with Crippen LogP contribution in [0.15, 0.2) is 48.5 Å². The van der Waals surface area contributed by atoms with Crippen LogP contribution < -0.4 is 5.32 Å². The predicted molar refractivity (Wildman–Crippen MR) is 120 cm³/mol. The minimum Gasteiger partial charge on any atom is -0.449 e. The monoisotopic (exact) mass is 419 g/mol.